The molecule has 6 nitrogen and oxygen atoms in total. The summed E-state index contributed by atoms with van der Waals surface area (Å²) in [6, 6.07) is 3.46. The molecule has 1 atom stereocenters. The van der Waals surface area contributed by atoms with Crippen LogP contribution in [0.1, 0.15) is 40.4 Å². The van der Waals surface area contributed by atoms with Crippen LogP contribution in [0.2, 0.25) is 0 Å². The van der Waals surface area contributed by atoms with Crippen molar-refractivity contribution in [3.63, 3.8) is 0 Å². The number of hydrogen-bond donors (Lipinski definition) is 1. The van der Waals surface area contributed by atoms with Crippen molar-refractivity contribution < 1.29 is 27.9 Å². The minimum Gasteiger partial charge on any atom is -0.465 e. The summed E-state index contributed by atoms with van der Waals surface area (Å²) < 4.78 is 40.2. The maximum absolute atomic E-state index is 13.4. The first-order valence-corrected chi connectivity index (χ1v) is 9.02. The van der Waals surface area contributed by atoms with Crippen LogP contribution in [0, 0.1) is 13.8 Å². The van der Waals surface area contributed by atoms with Crippen molar-refractivity contribution in [2.24, 2.45) is 0 Å². The molecule has 1 N–H and O–H groups in total. The number of rotatable bonds is 2. The lowest BCUT2D eigenvalue weighted by Gasteiger charge is -2.41. The Morgan fingerprint density at radius 2 is 1.83 bits per heavy atom. The van der Waals surface area contributed by atoms with Crippen LogP contribution >= 0.6 is 0 Å². The number of nitrogens with zero attached hydrogens (tertiary/aromatic N) is 3. The predicted octanol–water partition coefficient (Wildman–Crippen LogP) is 4.64. The van der Waals surface area contributed by atoms with Crippen molar-refractivity contribution in [3.8, 4) is 0 Å². The van der Waals surface area contributed by atoms with Crippen molar-refractivity contribution in [1.82, 2.24) is 4.98 Å². The van der Waals surface area contributed by atoms with Crippen LogP contribution in [0.25, 0.3) is 0 Å². The van der Waals surface area contributed by atoms with Crippen LogP contribution < -0.4 is 9.80 Å². The highest BCUT2D eigenvalue weighted by atomic mass is 19.4. The van der Waals surface area contributed by atoms with Gasteiger partial charge >= 0.3 is 12.3 Å². The molecule has 1 aromatic carbocycles. The Bertz CT molecular complexity index is 975. The number of anilines is 2. The SMILES string of the molecule is CCC1CN(C(=O)c2cnccc2C(F)(F)F)c2cc(C)c(C)cc2N1C(=O)O. The van der Waals surface area contributed by atoms with Gasteiger partial charge in [0.2, 0.25) is 0 Å². The van der Waals surface area contributed by atoms with Gasteiger partial charge in [0.05, 0.1) is 28.5 Å². The summed E-state index contributed by atoms with van der Waals surface area (Å²) >= 11 is 0. The number of alkyl halides is 3. The van der Waals surface area contributed by atoms with Crippen LogP contribution in [0.3, 0.4) is 0 Å². The van der Waals surface area contributed by atoms with E-state index in [-0.39, 0.29) is 17.9 Å². The monoisotopic (exact) mass is 407 g/mol. The van der Waals surface area contributed by atoms with Gasteiger partial charge in [-0.15, -0.1) is 0 Å². The molecule has 0 saturated carbocycles. The van der Waals surface area contributed by atoms with E-state index in [4.69, 9.17) is 0 Å². The van der Waals surface area contributed by atoms with E-state index in [2.05, 4.69) is 4.98 Å². The van der Waals surface area contributed by atoms with Gasteiger partial charge < -0.3 is 10.0 Å². The van der Waals surface area contributed by atoms with Crippen molar-refractivity contribution in [1.29, 1.82) is 0 Å². The van der Waals surface area contributed by atoms with E-state index in [9.17, 15) is 27.9 Å². The zero-order valence-corrected chi connectivity index (χ0v) is 16.1. The molecule has 1 aliphatic rings. The Morgan fingerprint density at radius 1 is 1.21 bits per heavy atom. The highest BCUT2D eigenvalue weighted by molar-refractivity contribution is 6.11. The molecule has 0 fully saturated rings. The molecule has 1 unspecified atom stereocenters. The zero-order chi connectivity index (χ0) is 21.5. The summed E-state index contributed by atoms with van der Waals surface area (Å²) in [5, 5.41) is 9.70. The topological polar surface area (TPSA) is 73.7 Å². The van der Waals surface area contributed by atoms with Crippen molar-refractivity contribution in [3.05, 3.63) is 52.8 Å². The first-order valence-electron chi connectivity index (χ1n) is 9.02. The number of fused-ring (bicyclic) bond motifs is 1. The van der Waals surface area contributed by atoms with Crippen molar-refractivity contribution >= 4 is 23.4 Å². The number of halogens is 3. The van der Waals surface area contributed by atoms with Gasteiger partial charge in [-0.05, 0) is 49.6 Å². The van der Waals surface area contributed by atoms with E-state index in [0.717, 1.165) is 29.6 Å². The molecule has 29 heavy (non-hydrogen) atoms. The number of carbonyl (C=O) groups is 2. The highest BCUT2D eigenvalue weighted by Gasteiger charge is 2.40. The van der Waals surface area contributed by atoms with Gasteiger partial charge in [0.15, 0.2) is 0 Å². The van der Waals surface area contributed by atoms with Crippen LogP contribution in [0.5, 0.6) is 0 Å². The van der Waals surface area contributed by atoms with Gasteiger partial charge in [0.1, 0.15) is 0 Å². The third-order valence-corrected chi connectivity index (χ3v) is 5.18. The smallest absolute Gasteiger partial charge is 0.417 e. The second-order valence-corrected chi connectivity index (χ2v) is 6.97. The van der Waals surface area contributed by atoms with Gasteiger partial charge in [-0.25, -0.2) is 4.79 Å². The van der Waals surface area contributed by atoms with E-state index >= 15 is 0 Å². The molecular weight excluding hydrogens is 387 g/mol. The van der Waals surface area contributed by atoms with E-state index < -0.39 is 35.3 Å². The van der Waals surface area contributed by atoms with Gasteiger partial charge in [-0.1, -0.05) is 6.92 Å². The average molecular weight is 407 g/mol. The fourth-order valence-electron chi connectivity index (χ4n) is 3.50. The quantitative estimate of drug-likeness (QED) is 0.787. The molecule has 1 aliphatic heterocycles. The molecule has 3 rings (SSSR count). The number of carboxylic acid groups (broad SMARTS) is 1. The maximum atomic E-state index is 13.4. The Morgan fingerprint density at radius 3 is 2.38 bits per heavy atom. The molecule has 2 heterocycles. The third-order valence-electron chi connectivity index (χ3n) is 5.18. The van der Waals surface area contributed by atoms with Gasteiger partial charge in [-0.2, -0.15) is 13.2 Å². The van der Waals surface area contributed by atoms with Gasteiger partial charge in [0.25, 0.3) is 5.91 Å². The molecule has 0 aliphatic carbocycles. The van der Waals surface area contributed by atoms with Gasteiger partial charge in [-0.3, -0.25) is 14.7 Å². The summed E-state index contributed by atoms with van der Waals surface area (Å²) in [6.45, 7) is 5.31. The number of aromatic nitrogens is 1. The lowest BCUT2D eigenvalue weighted by atomic mass is 9.99. The molecule has 1 aromatic heterocycles. The fraction of sp³-hybridized carbons (Fsp3) is 0.350. The maximum Gasteiger partial charge on any atom is 0.417 e. The summed E-state index contributed by atoms with van der Waals surface area (Å²) in [4.78, 5) is 31.2. The van der Waals surface area contributed by atoms with Crippen molar-refractivity contribution in [2.75, 3.05) is 16.3 Å². The number of pyridine rings is 1. The third kappa shape index (κ3) is 3.64. The second kappa shape index (κ2) is 7.38. The van der Waals surface area contributed by atoms with E-state index in [1.165, 1.54) is 9.80 Å². The Balaban J connectivity index is 2.19. The number of amides is 2. The fourth-order valence-corrected chi connectivity index (χ4v) is 3.50. The molecule has 0 spiro atoms. The number of carbonyl (C=O) groups excluding carboxylic acids is 1. The number of hydrogen-bond acceptors (Lipinski definition) is 3. The summed E-state index contributed by atoms with van der Waals surface area (Å²) in [5.74, 6) is -0.863. The van der Waals surface area contributed by atoms with E-state index in [1.807, 2.05) is 0 Å². The predicted molar refractivity (Wildman–Crippen MR) is 101 cm³/mol. The lowest BCUT2D eigenvalue weighted by molar-refractivity contribution is -0.138. The average Bonchev–Trinajstić information content (AvgIpc) is 2.66. The van der Waals surface area contributed by atoms with Crippen LogP contribution in [0.15, 0.2) is 30.6 Å². The molecule has 2 amide bonds. The first-order chi connectivity index (χ1) is 13.6. The summed E-state index contributed by atoms with van der Waals surface area (Å²) in [6.07, 6.45) is -3.62. The Hall–Kier alpha value is -3.10. The molecule has 0 radical (unpaired) electrons. The van der Waals surface area contributed by atoms with Gasteiger partial charge in [0, 0.05) is 18.9 Å². The van der Waals surface area contributed by atoms with Crippen LogP contribution in [-0.2, 0) is 6.18 Å². The van der Waals surface area contributed by atoms with Crippen molar-refractivity contribution in [2.45, 2.75) is 39.4 Å². The Labute approximate surface area is 165 Å². The van der Waals surface area contributed by atoms with E-state index in [0.29, 0.717) is 6.42 Å². The van der Waals surface area contributed by atoms with Crippen LogP contribution in [-0.4, -0.2) is 34.7 Å². The number of aryl methyl sites for hydroxylation is 2. The molecule has 0 bridgehead atoms. The largest absolute Gasteiger partial charge is 0.465 e. The molecular formula is C20H20F3N3O3. The molecule has 154 valence electrons. The first kappa shape index (κ1) is 20.6. The normalized spacial score (nSPS) is 16.6. The Kier molecular flexibility index (Phi) is 5.25. The number of benzene rings is 1. The highest BCUT2D eigenvalue weighted by Crippen LogP contribution is 2.40. The van der Waals surface area contributed by atoms with E-state index in [1.54, 1.807) is 32.9 Å². The summed E-state index contributed by atoms with van der Waals surface area (Å²) in [7, 11) is 0. The summed E-state index contributed by atoms with van der Waals surface area (Å²) in [5.41, 5.74) is 0.520. The second-order valence-electron chi connectivity index (χ2n) is 6.97. The molecule has 0 saturated heterocycles. The zero-order valence-electron chi connectivity index (χ0n) is 16.1. The lowest BCUT2D eigenvalue weighted by Crippen LogP contribution is -2.53. The molecule has 9 heteroatoms. The standard InChI is InChI=1S/C20H20F3N3O3/c1-4-13-10-25(18(27)14-9-24-6-5-15(14)20(21,22)23)16-7-11(2)12(3)8-17(16)26(13)19(28)29/h5-9,13H,4,10H2,1-3H3,(H,28,29). The minimum atomic E-state index is -4.72. The minimum absolute atomic E-state index is 0.0523. The molecule has 2 aromatic rings. The van der Waals surface area contributed by atoms with Crippen LogP contribution in [0.4, 0.5) is 29.3 Å².